The SMILES string of the molecule is CCNC(=NCc1ccccc1F)NCCNC(C)=O. The topological polar surface area (TPSA) is 65.5 Å². The molecule has 0 atom stereocenters. The first-order valence-electron chi connectivity index (χ1n) is 6.63. The van der Waals surface area contributed by atoms with Crippen LogP contribution in [-0.2, 0) is 11.3 Å². The number of rotatable bonds is 6. The van der Waals surface area contributed by atoms with Crippen LogP contribution in [0, 0.1) is 5.82 Å². The molecule has 0 bridgehead atoms. The van der Waals surface area contributed by atoms with E-state index >= 15 is 0 Å². The van der Waals surface area contributed by atoms with Crippen LogP contribution >= 0.6 is 0 Å². The van der Waals surface area contributed by atoms with Gasteiger partial charge in [-0.25, -0.2) is 9.38 Å². The molecule has 0 aliphatic carbocycles. The molecular weight excluding hydrogens is 259 g/mol. The first-order chi connectivity index (χ1) is 9.63. The molecule has 3 N–H and O–H groups in total. The predicted octanol–water partition coefficient (Wildman–Crippen LogP) is 1.02. The molecule has 0 saturated heterocycles. The Labute approximate surface area is 118 Å². The molecule has 5 nitrogen and oxygen atoms in total. The van der Waals surface area contributed by atoms with E-state index in [2.05, 4.69) is 20.9 Å². The van der Waals surface area contributed by atoms with Crippen molar-refractivity contribution in [3.63, 3.8) is 0 Å². The molecular formula is C14H21FN4O. The van der Waals surface area contributed by atoms with Crippen LogP contribution in [0.25, 0.3) is 0 Å². The van der Waals surface area contributed by atoms with Gasteiger partial charge >= 0.3 is 0 Å². The summed E-state index contributed by atoms with van der Waals surface area (Å²) in [5.74, 6) is 0.270. The molecule has 0 heterocycles. The van der Waals surface area contributed by atoms with Gasteiger partial charge in [0, 0.05) is 32.1 Å². The van der Waals surface area contributed by atoms with E-state index in [-0.39, 0.29) is 18.3 Å². The highest BCUT2D eigenvalue weighted by Crippen LogP contribution is 2.07. The molecule has 6 heteroatoms. The zero-order chi connectivity index (χ0) is 14.8. The second-order valence-corrected chi connectivity index (χ2v) is 4.20. The molecule has 1 rings (SSSR count). The number of hydrogen-bond donors (Lipinski definition) is 3. The second-order valence-electron chi connectivity index (χ2n) is 4.20. The van der Waals surface area contributed by atoms with E-state index in [9.17, 15) is 9.18 Å². The standard InChI is InChI=1S/C14H21FN4O/c1-3-16-14(18-9-8-17-11(2)20)19-10-12-6-4-5-7-13(12)15/h4-7H,3,8-10H2,1-2H3,(H,17,20)(H2,16,18,19). The highest BCUT2D eigenvalue weighted by Gasteiger charge is 2.01. The summed E-state index contributed by atoms with van der Waals surface area (Å²) in [4.78, 5) is 15.0. The lowest BCUT2D eigenvalue weighted by Crippen LogP contribution is -2.41. The van der Waals surface area contributed by atoms with Crippen LogP contribution < -0.4 is 16.0 Å². The van der Waals surface area contributed by atoms with Crippen LogP contribution in [0.4, 0.5) is 4.39 Å². The van der Waals surface area contributed by atoms with Gasteiger partial charge in [-0.2, -0.15) is 0 Å². The maximum absolute atomic E-state index is 13.5. The Kier molecular flexibility index (Phi) is 7.10. The summed E-state index contributed by atoms with van der Waals surface area (Å²) in [5, 5.41) is 8.81. The first-order valence-corrected chi connectivity index (χ1v) is 6.63. The zero-order valence-corrected chi connectivity index (χ0v) is 11.9. The van der Waals surface area contributed by atoms with Crippen molar-refractivity contribution >= 4 is 11.9 Å². The summed E-state index contributed by atoms with van der Waals surface area (Å²) in [6, 6.07) is 6.56. The summed E-state index contributed by atoms with van der Waals surface area (Å²) in [6.07, 6.45) is 0. The fraction of sp³-hybridized carbons (Fsp3) is 0.429. The van der Waals surface area contributed by atoms with Crippen molar-refractivity contribution in [2.75, 3.05) is 19.6 Å². The lowest BCUT2D eigenvalue weighted by atomic mass is 10.2. The Morgan fingerprint density at radius 2 is 1.90 bits per heavy atom. The van der Waals surface area contributed by atoms with Gasteiger partial charge in [0.2, 0.25) is 5.91 Å². The normalized spacial score (nSPS) is 11.1. The molecule has 0 unspecified atom stereocenters. The van der Waals surface area contributed by atoms with Gasteiger partial charge in [-0.05, 0) is 13.0 Å². The smallest absolute Gasteiger partial charge is 0.216 e. The minimum Gasteiger partial charge on any atom is -0.357 e. The van der Waals surface area contributed by atoms with Crippen LogP contribution in [0.2, 0.25) is 0 Å². The van der Waals surface area contributed by atoms with Gasteiger partial charge in [0.1, 0.15) is 5.82 Å². The van der Waals surface area contributed by atoms with Crippen LogP contribution in [0.1, 0.15) is 19.4 Å². The fourth-order valence-corrected chi connectivity index (χ4v) is 1.55. The maximum Gasteiger partial charge on any atom is 0.216 e. The minimum absolute atomic E-state index is 0.0694. The lowest BCUT2D eigenvalue weighted by Gasteiger charge is -2.11. The number of carbonyl (C=O) groups excluding carboxylic acids is 1. The molecule has 0 spiro atoms. The minimum atomic E-state index is -0.259. The number of nitrogens with zero attached hydrogens (tertiary/aromatic N) is 1. The van der Waals surface area contributed by atoms with Crippen molar-refractivity contribution in [2.45, 2.75) is 20.4 Å². The summed E-state index contributed by atoms with van der Waals surface area (Å²) >= 11 is 0. The van der Waals surface area contributed by atoms with Crippen LogP contribution in [0.5, 0.6) is 0 Å². The lowest BCUT2D eigenvalue weighted by molar-refractivity contribution is -0.118. The van der Waals surface area contributed by atoms with Gasteiger partial charge < -0.3 is 16.0 Å². The van der Waals surface area contributed by atoms with E-state index < -0.39 is 0 Å². The van der Waals surface area contributed by atoms with Gasteiger partial charge in [-0.3, -0.25) is 4.79 Å². The fourth-order valence-electron chi connectivity index (χ4n) is 1.55. The molecule has 0 fully saturated rings. The van der Waals surface area contributed by atoms with Crippen LogP contribution in [0.3, 0.4) is 0 Å². The Balaban J connectivity index is 2.50. The monoisotopic (exact) mass is 280 g/mol. The van der Waals surface area contributed by atoms with Crippen molar-refractivity contribution in [1.29, 1.82) is 0 Å². The average molecular weight is 280 g/mol. The largest absolute Gasteiger partial charge is 0.357 e. The third kappa shape index (κ3) is 6.17. The number of hydrogen-bond acceptors (Lipinski definition) is 2. The van der Waals surface area contributed by atoms with Crippen molar-refractivity contribution in [2.24, 2.45) is 4.99 Å². The van der Waals surface area contributed by atoms with Crippen LogP contribution in [0.15, 0.2) is 29.3 Å². The number of amides is 1. The average Bonchev–Trinajstić information content (AvgIpc) is 2.42. The van der Waals surface area contributed by atoms with E-state index in [0.717, 1.165) is 0 Å². The second kappa shape index (κ2) is 8.90. The highest BCUT2D eigenvalue weighted by atomic mass is 19.1. The van der Waals surface area contributed by atoms with Gasteiger partial charge in [0.15, 0.2) is 5.96 Å². The third-order valence-electron chi connectivity index (χ3n) is 2.50. The summed E-state index contributed by atoms with van der Waals surface area (Å²) in [5.41, 5.74) is 0.548. The Hall–Kier alpha value is -2.11. The summed E-state index contributed by atoms with van der Waals surface area (Å²) < 4.78 is 13.5. The van der Waals surface area contributed by atoms with Crippen molar-refractivity contribution in [3.8, 4) is 0 Å². The number of guanidine groups is 1. The van der Waals surface area contributed by atoms with E-state index in [1.807, 2.05) is 6.92 Å². The molecule has 0 radical (unpaired) electrons. The molecule has 0 aliphatic rings. The Bertz CT molecular complexity index is 462. The number of carbonyl (C=O) groups is 1. The summed E-state index contributed by atoms with van der Waals surface area (Å²) in [7, 11) is 0. The van der Waals surface area contributed by atoms with E-state index in [1.54, 1.807) is 18.2 Å². The predicted molar refractivity (Wildman–Crippen MR) is 77.9 cm³/mol. The first kappa shape index (κ1) is 15.9. The van der Waals surface area contributed by atoms with E-state index in [0.29, 0.717) is 31.2 Å². The van der Waals surface area contributed by atoms with Crippen molar-refractivity contribution < 1.29 is 9.18 Å². The molecule has 0 aliphatic heterocycles. The number of benzene rings is 1. The van der Waals surface area contributed by atoms with E-state index in [1.165, 1.54) is 13.0 Å². The van der Waals surface area contributed by atoms with Gasteiger partial charge in [0.05, 0.1) is 6.54 Å². The number of halogens is 1. The van der Waals surface area contributed by atoms with Crippen molar-refractivity contribution in [1.82, 2.24) is 16.0 Å². The van der Waals surface area contributed by atoms with Gasteiger partial charge in [0.25, 0.3) is 0 Å². The molecule has 1 aromatic rings. The highest BCUT2D eigenvalue weighted by molar-refractivity contribution is 5.79. The van der Waals surface area contributed by atoms with Gasteiger partial charge in [-0.15, -0.1) is 0 Å². The van der Waals surface area contributed by atoms with Gasteiger partial charge in [-0.1, -0.05) is 18.2 Å². The molecule has 110 valence electrons. The Morgan fingerprint density at radius 1 is 1.20 bits per heavy atom. The maximum atomic E-state index is 13.5. The van der Waals surface area contributed by atoms with E-state index in [4.69, 9.17) is 0 Å². The summed E-state index contributed by atoms with van der Waals surface area (Å²) in [6.45, 7) is 5.47. The quantitative estimate of drug-likeness (QED) is 0.414. The third-order valence-corrected chi connectivity index (χ3v) is 2.50. The number of nitrogens with one attached hydrogen (secondary N) is 3. The number of aliphatic imine (C=N–C) groups is 1. The molecule has 0 saturated carbocycles. The molecule has 1 aromatic carbocycles. The van der Waals surface area contributed by atoms with Crippen LogP contribution in [-0.4, -0.2) is 31.5 Å². The Morgan fingerprint density at radius 3 is 2.55 bits per heavy atom. The zero-order valence-electron chi connectivity index (χ0n) is 11.9. The molecule has 1 amide bonds. The van der Waals surface area contributed by atoms with Crippen molar-refractivity contribution in [3.05, 3.63) is 35.6 Å². The molecule has 20 heavy (non-hydrogen) atoms. The molecule has 0 aromatic heterocycles.